The molecule has 0 aliphatic carbocycles. The Morgan fingerprint density at radius 1 is 1.10 bits per heavy atom. The molecule has 1 aromatic heterocycles. The van der Waals surface area contributed by atoms with Gasteiger partial charge in [0.15, 0.2) is 5.13 Å². The van der Waals surface area contributed by atoms with Gasteiger partial charge in [0.05, 0.1) is 5.69 Å². The topological polar surface area (TPSA) is 37.3 Å². The molecule has 0 saturated heterocycles. The van der Waals surface area contributed by atoms with Crippen molar-refractivity contribution < 1.29 is 0 Å². The van der Waals surface area contributed by atoms with Crippen LogP contribution in [-0.4, -0.2) is 17.4 Å². The summed E-state index contributed by atoms with van der Waals surface area (Å²) >= 11 is 5.08. The van der Waals surface area contributed by atoms with E-state index in [4.69, 9.17) is 0 Å². The number of hydrogen-bond donors (Lipinski definition) is 1. The van der Waals surface area contributed by atoms with E-state index in [9.17, 15) is 0 Å². The summed E-state index contributed by atoms with van der Waals surface area (Å²) in [6.07, 6.45) is 4.73. The second-order valence-electron chi connectivity index (χ2n) is 4.81. The molecule has 0 radical (unpaired) electrons. The van der Waals surface area contributed by atoms with Gasteiger partial charge in [-0.1, -0.05) is 34.5 Å². The molecule has 2 aromatic rings. The van der Waals surface area contributed by atoms with E-state index >= 15 is 0 Å². The first-order chi connectivity index (χ1) is 9.81. The number of thiazole rings is 1. The van der Waals surface area contributed by atoms with E-state index in [1.54, 1.807) is 11.3 Å². The van der Waals surface area contributed by atoms with E-state index in [1.807, 2.05) is 12.1 Å². The predicted octanol–water partition coefficient (Wildman–Crippen LogP) is 5.53. The van der Waals surface area contributed by atoms with Crippen LogP contribution in [0, 0.1) is 0 Å². The maximum Gasteiger partial charge on any atom is 0.188 e. The predicted molar refractivity (Wildman–Crippen MR) is 100.0 cm³/mol. The summed E-state index contributed by atoms with van der Waals surface area (Å²) in [6.45, 7) is 0.938. The highest BCUT2D eigenvalue weighted by Gasteiger charge is 2.08. The number of benzene rings is 1. The van der Waals surface area contributed by atoms with Crippen LogP contribution in [0.3, 0.4) is 0 Å². The smallest absolute Gasteiger partial charge is 0.188 e. The number of nitrogens with one attached hydrogen (secondary N) is 1. The lowest BCUT2D eigenvalue weighted by molar-refractivity contribution is 0.731. The Balaban J connectivity index is 0.00000161. The molecule has 1 aliphatic heterocycles. The Hall–Kier alpha value is -0.720. The highest BCUT2D eigenvalue weighted by atomic mass is 79.9. The van der Waals surface area contributed by atoms with Crippen LogP contribution >= 0.6 is 44.2 Å². The Morgan fingerprint density at radius 3 is 2.71 bits per heavy atom. The summed E-state index contributed by atoms with van der Waals surface area (Å²) in [5, 5.41) is 6.39. The zero-order valence-corrected chi connectivity index (χ0v) is 15.6. The van der Waals surface area contributed by atoms with Gasteiger partial charge in [0.25, 0.3) is 0 Å². The van der Waals surface area contributed by atoms with Gasteiger partial charge in [0.1, 0.15) is 5.84 Å². The van der Waals surface area contributed by atoms with E-state index in [0.717, 1.165) is 39.7 Å². The van der Waals surface area contributed by atoms with Crippen molar-refractivity contribution in [3.05, 3.63) is 34.1 Å². The lowest BCUT2D eigenvalue weighted by atomic mass is 10.2. The van der Waals surface area contributed by atoms with E-state index < -0.39 is 0 Å². The second-order valence-corrected chi connectivity index (χ2v) is 6.58. The maximum absolute atomic E-state index is 4.65. The number of amidine groups is 1. The molecule has 0 amide bonds. The molecule has 3 nitrogen and oxygen atoms in total. The number of halogens is 2. The molecule has 0 atom stereocenters. The molecule has 21 heavy (non-hydrogen) atoms. The van der Waals surface area contributed by atoms with Gasteiger partial charge in [0, 0.05) is 28.4 Å². The van der Waals surface area contributed by atoms with Crippen LogP contribution in [0.5, 0.6) is 0 Å². The molecule has 0 spiro atoms. The van der Waals surface area contributed by atoms with Crippen molar-refractivity contribution in [1.82, 2.24) is 4.98 Å². The fraction of sp³-hybridized carbons (Fsp3) is 0.333. The van der Waals surface area contributed by atoms with Crippen molar-refractivity contribution in [2.24, 2.45) is 4.99 Å². The Labute approximate surface area is 147 Å². The van der Waals surface area contributed by atoms with Crippen molar-refractivity contribution >= 4 is 55.2 Å². The number of anilines is 1. The fourth-order valence-corrected chi connectivity index (χ4v) is 3.19. The van der Waals surface area contributed by atoms with Crippen LogP contribution in [0.25, 0.3) is 11.3 Å². The van der Waals surface area contributed by atoms with Gasteiger partial charge in [0.2, 0.25) is 0 Å². The molecule has 1 aromatic carbocycles. The Kier molecular flexibility index (Phi) is 6.39. The number of rotatable bonds is 2. The van der Waals surface area contributed by atoms with E-state index in [0.29, 0.717) is 0 Å². The minimum Gasteiger partial charge on any atom is -0.320 e. The molecule has 2 heterocycles. The van der Waals surface area contributed by atoms with Gasteiger partial charge in [-0.25, -0.2) is 4.98 Å². The number of aliphatic imine (C=N–C) groups is 1. The van der Waals surface area contributed by atoms with Crippen molar-refractivity contribution in [2.75, 3.05) is 11.9 Å². The highest BCUT2D eigenvalue weighted by Crippen LogP contribution is 2.26. The quantitative estimate of drug-likeness (QED) is 0.679. The SMILES string of the molecule is Br.Brc1ccc(-c2csc(NC3=NCCCCC3)n2)cc1. The first-order valence-electron chi connectivity index (χ1n) is 6.83. The minimum atomic E-state index is 0. The van der Waals surface area contributed by atoms with E-state index in [1.165, 1.54) is 19.3 Å². The molecule has 112 valence electrons. The molecule has 6 heteroatoms. The van der Waals surface area contributed by atoms with Gasteiger partial charge in [-0.15, -0.1) is 28.3 Å². The molecule has 3 rings (SSSR count). The number of nitrogens with zero attached hydrogens (tertiary/aromatic N) is 2. The third-order valence-electron chi connectivity index (χ3n) is 3.27. The molecule has 1 N–H and O–H groups in total. The number of hydrogen-bond acceptors (Lipinski definition) is 4. The normalized spacial score (nSPS) is 14.8. The molecular formula is C15H17Br2N3S. The summed E-state index contributed by atoms with van der Waals surface area (Å²) in [4.78, 5) is 9.22. The fourth-order valence-electron chi connectivity index (χ4n) is 2.18. The van der Waals surface area contributed by atoms with Crippen LogP contribution in [0.2, 0.25) is 0 Å². The standard InChI is InChI=1S/C15H16BrN3S.BrH/c16-12-7-5-11(6-8-12)13-10-20-15(18-13)19-14-4-2-1-3-9-17-14;/h5-8,10H,1-4,9H2,(H,17,18,19);1H. The van der Waals surface area contributed by atoms with Crippen LogP contribution in [-0.2, 0) is 0 Å². The monoisotopic (exact) mass is 429 g/mol. The summed E-state index contributed by atoms with van der Waals surface area (Å²) < 4.78 is 1.09. The number of aromatic nitrogens is 1. The average Bonchev–Trinajstić information content (AvgIpc) is 2.76. The van der Waals surface area contributed by atoms with Crippen LogP contribution < -0.4 is 5.32 Å². The summed E-state index contributed by atoms with van der Waals surface area (Å²) in [5.41, 5.74) is 2.15. The maximum atomic E-state index is 4.65. The molecular weight excluding hydrogens is 414 g/mol. The minimum absolute atomic E-state index is 0. The van der Waals surface area contributed by atoms with Crippen molar-refractivity contribution in [3.8, 4) is 11.3 Å². The first kappa shape index (κ1) is 16.6. The average molecular weight is 431 g/mol. The third-order valence-corrected chi connectivity index (χ3v) is 4.56. The second kappa shape index (κ2) is 8.06. The first-order valence-corrected chi connectivity index (χ1v) is 8.50. The summed E-state index contributed by atoms with van der Waals surface area (Å²) in [5.74, 6) is 1.08. The molecule has 0 bridgehead atoms. The Bertz CT molecular complexity index is 608. The van der Waals surface area contributed by atoms with Crippen LogP contribution in [0.15, 0.2) is 39.1 Å². The van der Waals surface area contributed by atoms with Crippen LogP contribution in [0.4, 0.5) is 5.13 Å². The van der Waals surface area contributed by atoms with Crippen molar-refractivity contribution in [2.45, 2.75) is 25.7 Å². The van der Waals surface area contributed by atoms with Crippen molar-refractivity contribution in [3.63, 3.8) is 0 Å². The van der Waals surface area contributed by atoms with Gasteiger partial charge in [-0.3, -0.25) is 4.99 Å². The zero-order chi connectivity index (χ0) is 13.8. The van der Waals surface area contributed by atoms with Gasteiger partial charge < -0.3 is 5.32 Å². The van der Waals surface area contributed by atoms with E-state index in [-0.39, 0.29) is 17.0 Å². The molecule has 1 aliphatic rings. The largest absolute Gasteiger partial charge is 0.320 e. The van der Waals surface area contributed by atoms with Crippen LogP contribution in [0.1, 0.15) is 25.7 Å². The lowest BCUT2D eigenvalue weighted by Crippen LogP contribution is -2.11. The highest BCUT2D eigenvalue weighted by molar-refractivity contribution is 9.10. The molecule has 0 saturated carbocycles. The zero-order valence-electron chi connectivity index (χ0n) is 11.5. The van der Waals surface area contributed by atoms with Gasteiger partial charge in [-0.2, -0.15) is 0 Å². The van der Waals surface area contributed by atoms with Gasteiger partial charge in [-0.05, 0) is 25.0 Å². The van der Waals surface area contributed by atoms with Crippen molar-refractivity contribution in [1.29, 1.82) is 0 Å². The third kappa shape index (κ3) is 4.63. The lowest BCUT2D eigenvalue weighted by Gasteiger charge is -2.04. The molecule has 0 unspecified atom stereocenters. The van der Waals surface area contributed by atoms with Gasteiger partial charge >= 0.3 is 0 Å². The molecule has 0 fully saturated rings. The van der Waals surface area contributed by atoms with E-state index in [2.05, 4.69) is 48.7 Å². The summed E-state index contributed by atoms with van der Waals surface area (Å²) in [6, 6.07) is 8.23. The summed E-state index contributed by atoms with van der Waals surface area (Å²) in [7, 11) is 0. The Morgan fingerprint density at radius 2 is 1.90 bits per heavy atom.